The van der Waals surface area contributed by atoms with Gasteiger partial charge in [-0.2, -0.15) is 0 Å². The number of hydrogen-bond donors (Lipinski definition) is 1. The summed E-state index contributed by atoms with van der Waals surface area (Å²) in [6, 6.07) is 26.6. The van der Waals surface area contributed by atoms with E-state index in [1.807, 2.05) is 18.2 Å². The number of anilines is 1. The summed E-state index contributed by atoms with van der Waals surface area (Å²) >= 11 is 0. The molecule has 2 unspecified atom stereocenters. The maximum absolute atomic E-state index is 12.4. The number of nitrogens with zero attached hydrogens (tertiary/aromatic N) is 4. The molecule has 192 valence electrons. The standard InChI is InChI=1S/C20H20N4O.C10H13N.ClH/c1-23-19(25)13-18(16-7-10-21-11-8-16)22-20(23)24-12-9-17(14-24)15-5-3-2-4-6-15;1-2-4-9(5-3-1)10-6-7-11-8-10;/h2-8,10-11,13,17H,9,12,14H2,1H3;1-5,10-11H,6-8H2;1H. The highest BCUT2D eigenvalue weighted by Gasteiger charge is 2.26. The average Bonchev–Trinajstić information content (AvgIpc) is 3.65. The number of halogens is 1. The van der Waals surface area contributed by atoms with Crippen molar-refractivity contribution in [1.82, 2.24) is 19.9 Å². The Bertz CT molecular complexity index is 1310. The minimum atomic E-state index is -0.0417. The molecule has 2 atom stereocenters. The average molecular weight is 516 g/mol. The van der Waals surface area contributed by atoms with Crippen molar-refractivity contribution < 1.29 is 0 Å². The maximum atomic E-state index is 12.4. The van der Waals surface area contributed by atoms with E-state index in [1.165, 1.54) is 24.1 Å². The van der Waals surface area contributed by atoms with E-state index in [0.717, 1.165) is 43.5 Å². The highest BCUT2D eigenvalue weighted by Crippen LogP contribution is 2.30. The Kier molecular flexibility index (Phi) is 9.09. The summed E-state index contributed by atoms with van der Waals surface area (Å²) in [6.07, 6.45) is 5.80. The van der Waals surface area contributed by atoms with Crippen molar-refractivity contribution in [3.63, 3.8) is 0 Å². The Morgan fingerprint density at radius 3 is 2.14 bits per heavy atom. The van der Waals surface area contributed by atoms with E-state index in [2.05, 4.69) is 69.8 Å². The van der Waals surface area contributed by atoms with Gasteiger partial charge < -0.3 is 10.2 Å². The number of rotatable bonds is 4. The first-order valence-corrected chi connectivity index (χ1v) is 12.7. The molecule has 7 heteroatoms. The lowest BCUT2D eigenvalue weighted by atomic mass is 9.99. The first kappa shape index (κ1) is 26.6. The number of aromatic nitrogens is 3. The highest BCUT2D eigenvalue weighted by atomic mass is 35.5. The smallest absolute Gasteiger partial charge is 0.255 e. The molecule has 2 aliphatic heterocycles. The number of nitrogens with one attached hydrogen (secondary N) is 1. The lowest BCUT2D eigenvalue weighted by Gasteiger charge is -2.21. The molecule has 2 aromatic carbocycles. The zero-order valence-corrected chi connectivity index (χ0v) is 22.0. The van der Waals surface area contributed by atoms with Crippen molar-refractivity contribution in [1.29, 1.82) is 0 Å². The summed E-state index contributed by atoms with van der Waals surface area (Å²) in [5.41, 5.74) is 4.40. The summed E-state index contributed by atoms with van der Waals surface area (Å²) in [7, 11) is 1.79. The maximum Gasteiger partial charge on any atom is 0.255 e. The molecule has 4 aromatic rings. The third-order valence-electron chi connectivity index (χ3n) is 7.16. The number of pyridine rings is 1. The molecule has 6 rings (SSSR count). The zero-order valence-electron chi connectivity index (χ0n) is 21.2. The zero-order chi connectivity index (χ0) is 24.7. The Labute approximate surface area is 224 Å². The minimum absolute atomic E-state index is 0. The van der Waals surface area contributed by atoms with Gasteiger partial charge in [0.2, 0.25) is 5.95 Å². The van der Waals surface area contributed by atoms with Crippen molar-refractivity contribution in [2.45, 2.75) is 24.7 Å². The number of benzene rings is 2. The van der Waals surface area contributed by atoms with Gasteiger partial charge >= 0.3 is 0 Å². The Morgan fingerprint density at radius 2 is 1.51 bits per heavy atom. The summed E-state index contributed by atoms with van der Waals surface area (Å²) < 4.78 is 1.64. The Hall–Kier alpha value is -3.48. The third kappa shape index (κ3) is 6.45. The van der Waals surface area contributed by atoms with Crippen LogP contribution in [-0.4, -0.2) is 40.7 Å². The fraction of sp³-hybridized carbons (Fsp3) is 0.300. The lowest BCUT2D eigenvalue weighted by molar-refractivity contribution is 0.749. The fourth-order valence-electron chi connectivity index (χ4n) is 5.08. The van der Waals surface area contributed by atoms with Gasteiger partial charge in [0.1, 0.15) is 0 Å². The van der Waals surface area contributed by atoms with Crippen LogP contribution in [-0.2, 0) is 7.05 Å². The van der Waals surface area contributed by atoms with Crippen LogP contribution in [0.25, 0.3) is 11.3 Å². The first-order chi connectivity index (χ1) is 17.7. The van der Waals surface area contributed by atoms with Crippen molar-refractivity contribution >= 4 is 18.4 Å². The predicted octanol–water partition coefficient (Wildman–Crippen LogP) is 5.02. The topological polar surface area (TPSA) is 63.1 Å². The molecule has 0 saturated carbocycles. The molecule has 2 fully saturated rings. The van der Waals surface area contributed by atoms with Crippen LogP contribution in [0.5, 0.6) is 0 Å². The van der Waals surface area contributed by atoms with Gasteiger partial charge in [-0.1, -0.05) is 60.7 Å². The van der Waals surface area contributed by atoms with Crippen LogP contribution >= 0.6 is 12.4 Å². The summed E-state index contributed by atoms with van der Waals surface area (Å²) in [5.74, 6) is 1.97. The van der Waals surface area contributed by atoms with Crippen molar-refractivity contribution in [3.05, 3.63) is 113 Å². The number of hydrogen-bond acceptors (Lipinski definition) is 5. The van der Waals surface area contributed by atoms with Crippen LogP contribution in [0.2, 0.25) is 0 Å². The summed E-state index contributed by atoms with van der Waals surface area (Å²) in [6.45, 7) is 4.12. The molecule has 0 bridgehead atoms. The van der Waals surface area contributed by atoms with Crippen LogP contribution in [0.3, 0.4) is 0 Å². The molecule has 2 aliphatic rings. The second-order valence-electron chi connectivity index (χ2n) is 9.52. The quantitative estimate of drug-likeness (QED) is 0.413. The lowest BCUT2D eigenvalue weighted by Crippen LogP contribution is -2.30. The van der Waals surface area contributed by atoms with Gasteiger partial charge in [0, 0.05) is 56.6 Å². The molecule has 1 N–H and O–H groups in total. The minimum Gasteiger partial charge on any atom is -0.342 e. The monoisotopic (exact) mass is 515 g/mol. The molecular weight excluding hydrogens is 482 g/mol. The molecule has 6 nitrogen and oxygen atoms in total. The largest absolute Gasteiger partial charge is 0.342 e. The van der Waals surface area contributed by atoms with E-state index >= 15 is 0 Å². The van der Waals surface area contributed by atoms with E-state index < -0.39 is 0 Å². The van der Waals surface area contributed by atoms with Gasteiger partial charge in [-0.05, 0) is 48.6 Å². The second kappa shape index (κ2) is 12.7. The van der Waals surface area contributed by atoms with Gasteiger partial charge in [-0.25, -0.2) is 4.98 Å². The first-order valence-electron chi connectivity index (χ1n) is 12.7. The SMILES string of the molecule is Cl.Cn1c(N2CCC(c3ccccc3)C2)nc(-c2ccncc2)cc1=O.c1ccc(C2CCNC2)cc1. The molecule has 2 saturated heterocycles. The molecule has 37 heavy (non-hydrogen) atoms. The van der Waals surface area contributed by atoms with E-state index in [9.17, 15) is 4.79 Å². The molecule has 0 aliphatic carbocycles. The molecule has 0 radical (unpaired) electrons. The van der Waals surface area contributed by atoms with Crippen LogP contribution in [0, 0.1) is 0 Å². The van der Waals surface area contributed by atoms with Gasteiger partial charge in [0.25, 0.3) is 5.56 Å². The fourth-order valence-corrected chi connectivity index (χ4v) is 5.08. The normalized spacial score (nSPS) is 18.6. The molecule has 2 aromatic heterocycles. The summed E-state index contributed by atoms with van der Waals surface area (Å²) in [4.78, 5) is 23.4. The van der Waals surface area contributed by atoms with E-state index in [-0.39, 0.29) is 18.0 Å². The molecule has 0 amide bonds. The van der Waals surface area contributed by atoms with Crippen molar-refractivity contribution in [2.24, 2.45) is 7.05 Å². The van der Waals surface area contributed by atoms with Crippen LogP contribution in [0.15, 0.2) is 96.1 Å². The Morgan fingerprint density at radius 1 is 0.865 bits per heavy atom. The summed E-state index contributed by atoms with van der Waals surface area (Å²) in [5, 5.41) is 3.37. The second-order valence-corrected chi connectivity index (χ2v) is 9.52. The highest BCUT2D eigenvalue weighted by molar-refractivity contribution is 5.85. The van der Waals surface area contributed by atoms with Crippen molar-refractivity contribution in [2.75, 3.05) is 31.1 Å². The van der Waals surface area contributed by atoms with Gasteiger partial charge in [0.15, 0.2) is 0 Å². The van der Waals surface area contributed by atoms with Crippen LogP contribution in [0.4, 0.5) is 5.95 Å². The molecule has 4 heterocycles. The van der Waals surface area contributed by atoms with E-state index in [1.54, 1.807) is 30.1 Å². The molecule has 0 spiro atoms. The van der Waals surface area contributed by atoms with Crippen molar-refractivity contribution in [3.8, 4) is 11.3 Å². The van der Waals surface area contributed by atoms with Gasteiger partial charge in [0.05, 0.1) is 5.69 Å². The van der Waals surface area contributed by atoms with E-state index in [4.69, 9.17) is 4.98 Å². The Balaban J connectivity index is 0.000000224. The van der Waals surface area contributed by atoms with Crippen LogP contribution in [0.1, 0.15) is 35.8 Å². The molecular formula is C30H34ClN5O. The van der Waals surface area contributed by atoms with Crippen LogP contribution < -0.4 is 15.8 Å². The predicted molar refractivity (Wildman–Crippen MR) is 153 cm³/mol. The third-order valence-corrected chi connectivity index (χ3v) is 7.16. The van der Waals surface area contributed by atoms with Gasteiger partial charge in [-0.3, -0.25) is 14.3 Å². The van der Waals surface area contributed by atoms with E-state index in [0.29, 0.717) is 11.6 Å². The van der Waals surface area contributed by atoms with Gasteiger partial charge in [-0.15, -0.1) is 12.4 Å².